The molecule has 3 N–H and O–H groups in total. The van der Waals surface area contributed by atoms with Gasteiger partial charge in [0.2, 0.25) is 0 Å². The van der Waals surface area contributed by atoms with Crippen molar-refractivity contribution in [2.24, 2.45) is 0 Å². The molecule has 0 aliphatic rings. The Hall–Kier alpha value is -3.36. The molecule has 0 aliphatic carbocycles. The molecule has 2 aromatic carbocycles. The lowest BCUT2D eigenvalue weighted by molar-refractivity contribution is -0.131. The molecule has 0 saturated heterocycles. The third-order valence-electron chi connectivity index (χ3n) is 4.19. The Labute approximate surface area is 181 Å². The first-order valence-electron chi connectivity index (χ1n) is 9.84. The van der Waals surface area contributed by atoms with Crippen LogP contribution >= 0.6 is 0 Å². The van der Waals surface area contributed by atoms with E-state index in [-0.39, 0.29) is 19.8 Å². The van der Waals surface area contributed by atoms with Crippen molar-refractivity contribution in [3.05, 3.63) is 71.8 Å². The molecule has 0 spiro atoms. The Morgan fingerprint density at radius 2 is 1.84 bits per heavy atom. The van der Waals surface area contributed by atoms with E-state index in [1.54, 1.807) is 43.3 Å². The number of rotatable bonds is 11. The summed E-state index contributed by atoms with van der Waals surface area (Å²) in [5, 5.41) is 20.8. The molecule has 1 amide bonds. The standard InChI is InChI=1S/C23H27NO7/c1-3-29-20(12-13-21(26)27)22(18-6-4-5-7-19(18)30-15-14-25)31-23(28)24-17-10-8-16(2)9-11-17/h4-13,20,22,25H,3,14-15H2,1-2H3,(H,24,28)(H,26,27)/b13-12+/t20-,22-/m1/s1. The summed E-state index contributed by atoms with van der Waals surface area (Å²) >= 11 is 0. The van der Waals surface area contributed by atoms with E-state index in [9.17, 15) is 9.59 Å². The highest BCUT2D eigenvalue weighted by Crippen LogP contribution is 2.32. The van der Waals surface area contributed by atoms with Gasteiger partial charge in [-0.2, -0.15) is 0 Å². The number of hydrogen-bond acceptors (Lipinski definition) is 6. The van der Waals surface area contributed by atoms with Gasteiger partial charge in [-0.25, -0.2) is 9.59 Å². The van der Waals surface area contributed by atoms with Crippen LogP contribution in [0.3, 0.4) is 0 Å². The molecule has 166 valence electrons. The fourth-order valence-electron chi connectivity index (χ4n) is 2.82. The second kappa shape index (κ2) is 12.4. The number of benzene rings is 2. The first kappa shape index (κ1) is 23.9. The number of nitrogens with one attached hydrogen (secondary N) is 1. The lowest BCUT2D eigenvalue weighted by atomic mass is 10.0. The number of ether oxygens (including phenoxy) is 3. The second-order valence-electron chi connectivity index (χ2n) is 6.54. The van der Waals surface area contributed by atoms with Crippen LogP contribution in [0.15, 0.2) is 60.7 Å². The minimum absolute atomic E-state index is 0.0452. The van der Waals surface area contributed by atoms with Crippen LogP contribution in [0.25, 0.3) is 0 Å². The summed E-state index contributed by atoms with van der Waals surface area (Å²) < 4.78 is 16.9. The molecule has 0 bridgehead atoms. The van der Waals surface area contributed by atoms with Crippen LogP contribution in [-0.4, -0.2) is 48.2 Å². The maximum atomic E-state index is 12.6. The van der Waals surface area contributed by atoms with Crippen molar-refractivity contribution >= 4 is 17.7 Å². The average Bonchev–Trinajstić information content (AvgIpc) is 2.75. The number of aryl methyl sites for hydroxylation is 1. The minimum atomic E-state index is -1.16. The molecule has 2 atom stereocenters. The van der Waals surface area contributed by atoms with Crippen LogP contribution in [-0.2, 0) is 14.3 Å². The maximum absolute atomic E-state index is 12.6. The Bertz CT molecular complexity index is 880. The summed E-state index contributed by atoms with van der Waals surface area (Å²) in [6.45, 7) is 3.79. The highest BCUT2D eigenvalue weighted by atomic mass is 16.6. The van der Waals surface area contributed by atoms with Crippen molar-refractivity contribution < 1.29 is 34.0 Å². The van der Waals surface area contributed by atoms with Gasteiger partial charge in [0.1, 0.15) is 18.5 Å². The van der Waals surface area contributed by atoms with Gasteiger partial charge in [0.25, 0.3) is 0 Å². The SMILES string of the molecule is CCO[C@H](/C=C/C(=O)O)[C@H](OC(=O)Nc1ccc(C)cc1)c1ccccc1OCCO. The number of carbonyl (C=O) groups is 2. The molecule has 0 unspecified atom stereocenters. The minimum Gasteiger partial charge on any atom is -0.491 e. The lowest BCUT2D eigenvalue weighted by Gasteiger charge is -2.26. The number of para-hydroxylation sites is 1. The van der Waals surface area contributed by atoms with Gasteiger partial charge in [-0.1, -0.05) is 35.9 Å². The zero-order valence-electron chi connectivity index (χ0n) is 17.5. The summed E-state index contributed by atoms with van der Waals surface area (Å²) in [6, 6.07) is 14.0. The van der Waals surface area contributed by atoms with Gasteiger partial charge >= 0.3 is 12.1 Å². The summed E-state index contributed by atoms with van der Waals surface area (Å²) in [6.07, 6.45) is -0.372. The summed E-state index contributed by atoms with van der Waals surface area (Å²) in [5.41, 5.74) is 2.07. The van der Waals surface area contributed by atoms with Crippen LogP contribution in [0.2, 0.25) is 0 Å². The molecular weight excluding hydrogens is 402 g/mol. The fraction of sp³-hybridized carbons (Fsp3) is 0.304. The molecule has 0 fully saturated rings. The topological polar surface area (TPSA) is 114 Å². The number of carboxylic acids is 1. The van der Waals surface area contributed by atoms with Crippen molar-refractivity contribution in [2.45, 2.75) is 26.1 Å². The zero-order chi connectivity index (χ0) is 22.6. The molecule has 0 radical (unpaired) electrons. The summed E-state index contributed by atoms with van der Waals surface area (Å²) in [4.78, 5) is 23.7. The van der Waals surface area contributed by atoms with E-state index in [1.807, 2.05) is 19.1 Å². The van der Waals surface area contributed by atoms with Gasteiger partial charge < -0.3 is 24.4 Å². The predicted octanol–water partition coefficient (Wildman–Crippen LogP) is 3.70. The van der Waals surface area contributed by atoms with Crippen molar-refractivity contribution in [2.75, 3.05) is 25.1 Å². The largest absolute Gasteiger partial charge is 0.491 e. The molecule has 8 nitrogen and oxygen atoms in total. The monoisotopic (exact) mass is 429 g/mol. The van der Waals surface area contributed by atoms with E-state index >= 15 is 0 Å². The number of anilines is 1. The highest BCUT2D eigenvalue weighted by molar-refractivity contribution is 5.85. The van der Waals surface area contributed by atoms with E-state index in [2.05, 4.69) is 5.32 Å². The third-order valence-corrected chi connectivity index (χ3v) is 4.19. The zero-order valence-corrected chi connectivity index (χ0v) is 17.5. The second-order valence-corrected chi connectivity index (χ2v) is 6.54. The van der Waals surface area contributed by atoms with E-state index in [0.29, 0.717) is 17.0 Å². The Kier molecular flexibility index (Phi) is 9.54. The summed E-state index contributed by atoms with van der Waals surface area (Å²) in [7, 11) is 0. The Balaban J connectivity index is 2.35. The van der Waals surface area contributed by atoms with Crippen molar-refractivity contribution in [1.82, 2.24) is 0 Å². The number of aliphatic hydroxyl groups is 1. The predicted molar refractivity (Wildman–Crippen MR) is 115 cm³/mol. The normalized spacial score (nSPS) is 12.9. The number of carboxylic acid groups (broad SMARTS) is 1. The molecule has 2 rings (SSSR count). The van der Waals surface area contributed by atoms with E-state index in [1.165, 1.54) is 6.08 Å². The van der Waals surface area contributed by atoms with Crippen molar-refractivity contribution in [3.8, 4) is 5.75 Å². The molecule has 2 aromatic rings. The third kappa shape index (κ3) is 7.76. The maximum Gasteiger partial charge on any atom is 0.412 e. The van der Waals surface area contributed by atoms with Gasteiger partial charge in [-0.15, -0.1) is 0 Å². The number of aliphatic carboxylic acids is 1. The van der Waals surface area contributed by atoms with Gasteiger partial charge in [0.15, 0.2) is 6.10 Å². The van der Waals surface area contributed by atoms with E-state index in [4.69, 9.17) is 24.4 Å². The smallest absolute Gasteiger partial charge is 0.412 e. The lowest BCUT2D eigenvalue weighted by Crippen LogP contribution is -2.28. The Morgan fingerprint density at radius 3 is 2.48 bits per heavy atom. The first-order valence-corrected chi connectivity index (χ1v) is 9.84. The number of carbonyl (C=O) groups excluding carboxylic acids is 1. The van der Waals surface area contributed by atoms with Crippen molar-refractivity contribution in [1.29, 1.82) is 0 Å². The van der Waals surface area contributed by atoms with Crippen LogP contribution < -0.4 is 10.1 Å². The number of amides is 1. The quantitative estimate of drug-likeness (QED) is 0.467. The summed E-state index contributed by atoms with van der Waals surface area (Å²) in [5.74, 6) is -0.768. The first-order chi connectivity index (χ1) is 14.9. The molecule has 31 heavy (non-hydrogen) atoms. The number of hydrogen-bond donors (Lipinski definition) is 3. The molecule has 0 aliphatic heterocycles. The van der Waals surface area contributed by atoms with E-state index in [0.717, 1.165) is 11.6 Å². The molecular formula is C23H27NO7. The van der Waals surface area contributed by atoms with Gasteiger partial charge in [-0.05, 0) is 38.1 Å². The number of aliphatic hydroxyl groups excluding tert-OH is 1. The van der Waals surface area contributed by atoms with Gasteiger partial charge in [0, 0.05) is 23.9 Å². The van der Waals surface area contributed by atoms with Gasteiger partial charge in [-0.3, -0.25) is 5.32 Å². The fourth-order valence-corrected chi connectivity index (χ4v) is 2.82. The van der Waals surface area contributed by atoms with Crippen LogP contribution in [0.1, 0.15) is 24.2 Å². The van der Waals surface area contributed by atoms with Gasteiger partial charge in [0.05, 0.1) is 6.61 Å². The molecule has 0 saturated carbocycles. The molecule has 0 aromatic heterocycles. The van der Waals surface area contributed by atoms with Crippen LogP contribution in [0.5, 0.6) is 5.75 Å². The molecule has 0 heterocycles. The Morgan fingerprint density at radius 1 is 1.13 bits per heavy atom. The van der Waals surface area contributed by atoms with Crippen LogP contribution in [0, 0.1) is 6.92 Å². The highest BCUT2D eigenvalue weighted by Gasteiger charge is 2.29. The van der Waals surface area contributed by atoms with Crippen molar-refractivity contribution in [3.63, 3.8) is 0 Å². The van der Waals surface area contributed by atoms with Crippen LogP contribution in [0.4, 0.5) is 10.5 Å². The van der Waals surface area contributed by atoms with E-state index < -0.39 is 24.3 Å². The average molecular weight is 429 g/mol. The molecule has 8 heteroatoms.